The van der Waals surface area contributed by atoms with E-state index in [4.69, 9.17) is 39.5 Å². The molecule has 0 radical (unpaired) electrons. The molecule has 0 unspecified atom stereocenters. The van der Waals surface area contributed by atoms with E-state index in [-0.39, 0.29) is 5.91 Å². The van der Waals surface area contributed by atoms with Crippen LogP contribution in [0.2, 0.25) is 15.1 Å². The Labute approximate surface area is 198 Å². The molecule has 0 bridgehead atoms. The second-order valence-corrected chi connectivity index (χ2v) is 8.81. The molecule has 1 N–H and O–H groups in total. The van der Waals surface area contributed by atoms with Crippen molar-refractivity contribution in [2.24, 2.45) is 4.99 Å². The average molecular weight is 490 g/mol. The van der Waals surface area contributed by atoms with Crippen molar-refractivity contribution >= 4 is 69.4 Å². The molecule has 31 heavy (non-hydrogen) atoms. The molecule has 0 saturated carbocycles. The fourth-order valence-corrected chi connectivity index (χ4v) is 4.25. The van der Waals surface area contributed by atoms with Gasteiger partial charge in [-0.3, -0.25) is 4.79 Å². The molecule has 0 aromatic heterocycles. The van der Waals surface area contributed by atoms with E-state index in [2.05, 4.69) is 10.3 Å². The standard InChI is InChI=1S/C23H15Cl3N2O2S/c24-16-9-8-15(19(26)12-16)13-30-17-5-3-4-14(10-17)11-21-22(29)28-23(31-21)27-20-7-2-1-6-18(20)25/h1-12H,13H2,(H,27,28,29)/b21-11+. The molecule has 156 valence electrons. The largest absolute Gasteiger partial charge is 0.489 e. The lowest BCUT2D eigenvalue weighted by molar-refractivity contribution is -0.115. The third-order valence-corrected chi connectivity index (χ3v) is 6.11. The summed E-state index contributed by atoms with van der Waals surface area (Å²) in [7, 11) is 0. The minimum absolute atomic E-state index is 0.213. The highest BCUT2D eigenvalue weighted by Crippen LogP contribution is 2.31. The van der Waals surface area contributed by atoms with Gasteiger partial charge in [-0.1, -0.05) is 65.1 Å². The summed E-state index contributed by atoms with van der Waals surface area (Å²) in [5.74, 6) is 0.448. The summed E-state index contributed by atoms with van der Waals surface area (Å²) >= 11 is 19.5. The van der Waals surface area contributed by atoms with Gasteiger partial charge in [0.2, 0.25) is 0 Å². The summed E-state index contributed by atoms with van der Waals surface area (Å²) in [5, 5.41) is 4.89. The van der Waals surface area contributed by atoms with Gasteiger partial charge in [-0.05, 0) is 59.8 Å². The lowest BCUT2D eigenvalue weighted by Gasteiger charge is -2.09. The zero-order chi connectivity index (χ0) is 21.8. The van der Waals surface area contributed by atoms with Crippen molar-refractivity contribution in [3.63, 3.8) is 0 Å². The highest BCUT2D eigenvalue weighted by atomic mass is 35.5. The number of amidine groups is 1. The minimum Gasteiger partial charge on any atom is -0.489 e. The zero-order valence-electron chi connectivity index (χ0n) is 15.9. The molecular formula is C23H15Cl3N2O2S. The summed E-state index contributed by atoms with van der Waals surface area (Å²) in [6.07, 6.45) is 1.79. The van der Waals surface area contributed by atoms with Gasteiger partial charge in [0.1, 0.15) is 12.4 Å². The topological polar surface area (TPSA) is 50.7 Å². The van der Waals surface area contributed by atoms with Gasteiger partial charge in [-0.2, -0.15) is 0 Å². The number of nitrogens with one attached hydrogen (secondary N) is 1. The van der Waals surface area contributed by atoms with Crippen molar-refractivity contribution in [2.45, 2.75) is 6.61 Å². The van der Waals surface area contributed by atoms with Crippen molar-refractivity contribution in [3.8, 4) is 5.75 Å². The number of hydrogen-bond acceptors (Lipinski definition) is 4. The number of nitrogens with zero attached hydrogens (tertiary/aromatic N) is 1. The van der Waals surface area contributed by atoms with Crippen LogP contribution in [0.5, 0.6) is 5.75 Å². The summed E-state index contributed by atoms with van der Waals surface area (Å²) in [4.78, 5) is 17.3. The first-order chi connectivity index (χ1) is 15.0. The van der Waals surface area contributed by atoms with Gasteiger partial charge in [0, 0.05) is 15.6 Å². The van der Waals surface area contributed by atoms with Crippen molar-refractivity contribution < 1.29 is 9.53 Å². The van der Waals surface area contributed by atoms with Crippen LogP contribution in [0.15, 0.2) is 76.6 Å². The highest BCUT2D eigenvalue weighted by molar-refractivity contribution is 8.18. The number of benzene rings is 3. The quantitative estimate of drug-likeness (QED) is 0.388. The number of thioether (sulfide) groups is 1. The van der Waals surface area contributed by atoms with Gasteiger partial charge >= 0.3 is 0 Å². The molecule has 1 saturated heterocycles. The van der Waals surface area contributed by atoms with E-state index in [0.29, 0.717) is 43.2 Å². The summed E-state index contributed by atoms with van der Waals surface area (Å²) in [6, 6.07) is 19.9. The Hall–Kier alpha value is -2.44. The molecule has 3 aromatic carbocycles. The van der Waals surface area contributed by atoms with Crippen LogP contribution in [0.1, 0.15) is 11.1 Å². The molecule has 3 aromatic rings. The van der Waals surface area contributed by atoms with E-state index in [1.807, 2.05) is 42.5 Å². The Morgan fingerprint density at radius 3 is 2.61 bits per heavy atom. The maximum atomic E-state index is 12.4. The van der Waals surface area contributed by atoms with Crippen LogP contribution in [-0.2, 0) is 11.4 Å². The number of carbonyl (C=O) groups excluding carboxylic acids is 1. The summed E-state index contributed by atoms with van der Waals surface area (Å²) < 4.78 is 5.86. The van der Waals surface area contributed by atoms with Crippen molar-refractivity contribution in [2.75, 3.05) is 0 Å². The van der Waals surface area contributed by atoms with Crippen LogP contribution in [-0.4, -0.2) is 11.1 Å². The van der Waals surface area contributed by atoms with Crippen LogP contribution in [0.25, 0.3) is 6.08 Å². The minimum atomic E-state index is -0.213. The molecule has 1 heterocycles. The summed E-state index contributed by atoms with van der Waals surface area (Å²) in [5.41, 5.74) is 2.27. The SMILES string of the molecule is O=C1NC(=Nc2ccccc2Cl)S/C1=C/c1cccc(OCc2ccc(Cl)cc2Cl)c1. The van der Waals surface area contributed by atoms with Gasteiger partial charge in [0.15, 0.2) is 5.17 Å². The predicted octanol–water partition coefficient (Wildman–Crippen LogP) is 7.12. The smallest absolute Gasteiger partial charge is 0.264 e. The number of carbonyl (C=O) groups is 1. The Morgan fingerprint density at radius 1 is 0.968 bits per heavy atom. The van der Waals surface area contributed by atoms with E-state index in [1.54, 1.807) is 30.3 Å². The van der Waals surface area contributed by atoms with E-state index in [0.717, 1.165) is 11.1 Å². The van der Waals surface area contributed by atoms with Gasteiger partial charge in [-0.15, -0.1) is 0 Å². The van der Waals surface area contributed by atoms with Gasteiger partial charge in [0.05, 0.1) is 15.6 Å². The molecule has 4 nitrogen and oxygen atoms in total. The first-order valence-corrected chi connectivity index (χ1v) is 11.1. The van der Waals surface area contributed by atoms with E-state index in [1.165, 1.54) is 11.8 Å². The molecule has 0 atom stereocenters. The predicted molar refractivity (Wildman–Crippen MR) is 129 cm³/mol. The number of aliphatic imine (C=N–C) groups is 1. The number of amides is 1. The maximum absolute atomic E-state index is 12.4. The van der Waals surface area contributed by atoms with Crippen LogP contribution in [0.3, 0.4) is 0 Å². The Kier molecular flexibility index (Phi) is 6.88. The monoisotopic (exact) mass is 488 g/mol. The first-order valence-electron chi connectivity index (χ1n) is 9.19. The normalized spacial score (nSPS) is 16.0. The molecule has 1 fully saturated rings. The molecule has 4 rings (SSSR count). The van der Waals surface area contributed by atoms with Crippen molar-refractivity contribution in [3.05, 3.63) is 97.8 Å². The number of rotatable bonds is 5. The van der Waals surface area contributed by atoms with Crippen molar-refractivity contribution in [1.29, 1.82) is 0 Å². The van der Waals surface area contributed by atoms with E-state index < -0.39 is 0 Å². The molecule has 1 amide bonds. The lowest BCUT2D eigenvalue weighted by atomic mass is 10.2. The van der Waals surface area contributed by atoms with Gasteiger partial charge in [-0.25, -0.2) is 4.99 Å². The highest BCUT2D eigenvalue weighted by Gasteiger charge is 2.24. The lowest BCUT2D eigenvalue weighted by Crippen LogP contribution is -2.19. The molecule has 0 aliphatic carbocycles. The third-order valence-electron chi connectivity index (χ3n) is 4.29. The second kappa shape index (κ2) is 9.79. The maximum Gasteiger partial charge on any atom is 0.264 e. The van der Waals surface area contributed by atoms with Crippen LogP contribution < -0.4 is 10.1 Å². The first kappa shape index (κ1) is 21.8. The number of halogens is 3. The Morgan fingerprint density at radius 2 is 1.81 bits per heavy atom. The summed E-state index contributed by atoms with van der Waals surface area (Å²) in [6.45, 7) is 0.305. The van der Waals surface area contributed by atoms with Gasteiger partial charge in [0.25, 0.3) is 5.91 Å². The van der Waals surface area contributed by atoms with Crippen LogP contribution in [0, 0.1) is 0 Å². The Balaban J connectivity index is 1.47. The molecular weight excluding hydrogens is 475 g/mol. The van der Waals surface area contributed by atoms with Crippen LogP contribution in [0.4, 0.5) is 5.69 Å². The average Bonchev–Trinajstić information content (AvgIpc) is 3.08. The number of hydrogen-bond donors (Lipinski definition) is 1. The molecule has 1 aliphatic heterocycles. The molecule has 1 aliphatic rings. The Bertz CT molecular complexity index is 1210. The fourth-order valence-electron chi connectivity index (χ4n) is 2.78. The third kappa shape index (κ3) is 5.63. The van der Waals surface area contributed by atoms with E-state index >= 15 is 0 Å². The van der Waals surface area contributed by atoms with Crippen molar-refractivity contribution in [1.82, 2.24) is 5.32 Å². The fraction of sp³-hybridized carbons (Fsp3) is 0.0435. The van der Waals surface area contributed by atoms with Gasteiger partial charge < -0.3 is 10.1 Å². The van der Waals surface area contributed by atoms with Crippen LogP contribution >= 0.6 is 46.6 Å². The molecule has 8 heteroatoms. The number of para-hydroxylation sites is 1. The van der Waals surface area contributed by atoms with E-state index in [9.17, 15) is 4.79 Å². The second-order valence-electron chi connectivity index (χ2n) is 6.53. The molecule has 0 spiro atoms. The number of ether oxygens (including phenoxy) is 1. The zero-order valence-corrected chi connectivity index (χ0v) is 19.0.